The molecule has 0 bridgehead atoms. The number of hydrogen-bond acceptors (Lipinski definition) is 1. The van der Waals surface area contributed by atoms with E-state index in [0.717, 1.165) is 29.8 Å². The molecule has 1 unspecified atom stereocenters. The first-order valence-corrected chi connectivity index (χ1v) is 7.63. The van der Waals surface area contributed by atoms with Crippen LogP contribution in [0.5, 0.6) is 0 Å². The van der Waals surface area contributed by atoms with E-state index in [1.807, 2.05) is 18.2 Å². The van der Waals surface area contributed by atoms with E-state index in [-0.39, 0.29) is 5.41 Å². The SMILES string of the molecule is NCC1(Cc2ccc(Cl)cc2Cl)CCc2ccccc21. The fraction of sp³-hybridized carbons (Fsp3) is 0.294. The average Bonchev–Trinajstić information content (AvgIpc) is 2.82. The molecule has 1 aliphatic rings. The number of fused-ring (bicyclic) bond motifs is 1. The zero-order valence-electron chi connectivity index (χ0n) is 11.2. The molecule has 1 aliphatic carbocycles. The number of nitrogens with two attached hydrogens (primary N) is 1. The van der Waals surface area contributed by atoms with Crippen LogP contribution in [0.1, 0.15) is 23.1 Å². The van der Waals surface area contributed by atoms with Crippen LogP contribution in [0.3, 0.4) is 0 Å². The van der Waals surface area contributed by atoms with E-state index in [1.54, 1.807) is 0 Å². The molecule has 2 N–H and O–H groups in total. The summed E-state index contributed by atoms with van der Waals surface area (Å²) in [7, 11) is 0. The van der Waals surface area contributed by atoms with Crippen LogP contribution >= 0.6 is 23.2 Å². The quantitative estimate of drug-likeness (QED) is 0.895. The van der Waals surface area contributed by atoms with Crippen molar-refractivity contribution in [3.63, 3.8) is 0 Å². The number of hydrogen-bond donors (Lipinski definition) is 1. The molecule has 1 nitrogen and oxygen atoms in total. The molecule has 2 aromatic rings. The lowest BCUT2D eigenvalue weighted by Crippen LogP contribution is -2.35. The molecule has 3 rings (SSSR count). The molecule has 0 aromatic heterocycles. The number of halogens is 2. The van der Waals surface area contributed by atoms with Gasteiger partial charge in [-0.25, -0.2) is 0 Å². The minimum absolute atomic E-state index is 0.00800. The van der Waals surface area contributed by atoms with E-state index in [4.69, 9.17) is 28.9 Å². The second-order valence-corrected chi connectivity index (χ2v) is 6.40. The van der Waals surface area contributed by atoms with Crippen molar-refractivity contribution >= 4 is 23.2 Å². The van der Waals surface area contributed by atoms with Crippen molar-refractivity contribution in [1.82, 2.24) is 0 Å². The van der Waals surface area contributed by atoms with Crippen LogP contribution in [0, 0.1) is 0 Å². The summed E-state index contributed by atoms with van der Waals surface area (Å²) in [5, 5.41) is 1.40. The van der Waals surface area contributed by atoms with Gasteiger partial charge in [-0.05, 0) is 48.1 Å². The Kier molecular flexibility index (Phi) is 3.76. The molecule has 1 atom stereocenters. The van der Waals surface area contributed by atoms with Gasteiger partial charge in [0.2, 0.25) is 0 Å². The average molecular weight is 306 g/mol. The van der Waals surface area contributed by atoms with Gasteiger partial charge in [0.1, 0.15) is 0 Å². The Hall–Kier alpha value is -1.02. The van der Waals surface area contributed by atoms with E-state index in [2.05, 4.69) is 24.3 Å². The molecule has 2 aromatic carbocycles. The van der Waals surface area contributed by atoms with Gasteiger partial charge in [0, 0.05) is 22.0 Å². The predicted octanol–water partition coefficient (Wildman–Crippen LogP) is 4.38. The van der Waals surface area contributed by atoms with Crippen LogP contribution < -0.4 is 5.73 Å². The molecule has 0 heterocycles. The van der Waals surface area contributed by atoms with Gasteiger partial charge in [0.15, 0.2) is 0 Å². The van der Waals surface area contributed by atoms with Crippen molar-refractivity contribution in [1.29, 1.82) is 0 Å². The number of rotatable bonds is 3. The van der Waals surface area contributed by atoms with Crippen LogP contribution in [0.2, 0.25) is 10.0 Å². The molecular formula is C17H17Cl2N. The fourth-order valence-corrected chi connectivity index (χ4v) is 3.74. The summed E-state index contributed by atoms with van der Waals surface area (Å²) < 4.78 is 0. The Bertz CT molecular complexity index is 639. The number of aryl methyl sites for hydroxylation is 1. The molecule has 0 saturated carbocycles. The van der Waals surface area contributed by atoms with Gasteiger partial charge in [-0.2, -0.15) is 0 Å². The lowest BCUT2D eigenvalue weighted by atomic mass is 9.76. The maximum atomic E-state index is 6.33. The minimum atomic E-state index is 0.00800. The maximum absolute atomic E-state index is 6.33. The lowest BCUT2D eigenvalue weighted by Gasteiger charge is -2.29. The largest absolute Gasteiger partial charge is 0.330 e. The highest BCUT2D eigenvalue weighted by Gasteiger charge is 2.37. The predicted molar refractivity (Wildman–Crippen MR) is 85.7 cm³/mol. The third kappa shape index (κ3) is 2.35. The van der Waals surface area contributed by atoms with Crippen LogP contribution in [-0.2, 0) is 18.3 Å². The van der Waals surface area contributed by atoms with Gasteiger partial charge in [-0.3, -0.25) is 0 Å². The molecule has 0 radical (unpaired) electrons. The van der Waals surface area contributed by atoms with Gasteiger partial charge in [-0.15, -0.1) is 0 Å². The van der Waals surface area contributed by atoms with Gasteiger partial charge >= 0.3 is 0 Å². The standard InChI is InChI=1S/C17H17Cl2N/c18-14-6-5-13(16(19)9-14)10-17(11-20)8-7-12-3-1-2-4-15(12)17/h1-6,9H,7-8,10-11,20H2. The van der Waals surface area contributed by atoms with Crippen molar-refractivity contribution in [2.75, 3.05) is 6.54 Å². The van der Waals surface area contributed by atoms with Gasteiger partial charge in [-0.1, -0.05) is 53.5 Å². The molecule has 0 aliphatic heterocycles. The fourth-order valence-electron chi connectivity index (χ4n) is 3.26. The van der Waals surface area contributed by atoms with Crippen LogP contribution in [-0.4, -0.2) is 6.54 Å². The summed E-state index contributed by atoms with van der Waals surface area (Å²) >= 11 is 12.3. The third-order valence-corrected chi connectivity index (χ3v) is 4.98. The summed E-state index contributed by atoms with van der Waals surface area (Å²) in [5.41, 5.74) is 10.1. The second-order valence-electron chi connectivity index (χ2n) is 5.55. The molecule has 0 spiro atoms. The molecule has 0 amide bonds. The monoisotopic (exact) mass is 305 g/mol. The summed E-state index contributed by atoms with van der Waals surface area (Å²) in [6.07, 6.45) is 3.05. The van der Waals surface area contributed by atoms with E-state index in [0.29, 0.717) is 11.6 Å². The minimum Gasteiger partial charge on any atom is -0.330 e. The van der Waals surface area contributed by atoms with E-state index in [1.165, 1.54) is 11.1 Å². The highest BCUT2D eigenvalue weighted by Crippen LogP contribution is 2.41. The molecule has 3 heteroatoms. The molecule has 20 heavy (non-hydrogen) atoms. The van der Waals surface area contributed by atoms with Crippen molar-refractivity contribution in [3.8, 4) is 0 Å². The third-order valence-electron chi connectivity index (χ3n) is 4.40. The topological polar surface area (TPSA) is 26.0 Å². The molecule has 104 valence electrons. The van der Waals surface area contributed by atoms with Gasteiger partial charge < -0.3 is 5.73 Å². The van der Waals surface area contributed by atoms with E-state index >= 15 is 0 Å². The van der Waals surface area contributed by atoms with E-state index in [9.17, 15) is 0 Å². The van der Waals surface area contributed by atoms with Crippen molar-refractivity contribution in [2.24, 2.45) is 5.73 Å². The molecule has 0 fully saturated rings. The van der Waals surface area contributed by atoms with Crippen molar-refractivity contribution in [3.05, 3.63) is 69.2 Å². The highest BCUT2D eigenvalue weighted by molar-refractivity contribution is 6.35. The number of benzene rings is 2. The van der Waals surface area contributed by atoms with Crippen LogP contribution in [0.4, 0.5) is 0 Å². The lowest BCUT2D eigenvalue weighted by molar-refractivity contribution is 0.432. The smallest absolute Gasteiger partial charge is 0.0453 e. The zero-order chi connectivity index (χ0) is 14.2. The Morgan fingerprint density at radius 2 is 1.90 bits per heavy atom. The Labute approximate surface area is 129 Å². The van der Waals surface area contributed by atoms with E-state index < -0.39 is 0 Å². The van der Waals surface area contributed by atoms with Crippen LogP contribution in [0.25, 0.3) is 0 Å². The van der Waals surface area contributed by atoms with Crippen molar-refractivity contribution < 1.29 is 0 Å². The van der Waals surface area contributed by atoms with Gasteiger partial charge in [0.05, 0.1) is 0 Å². The van der Waals surface area contributed by atoms with Crippen molar-refractivity contribution in [2.45, 2.75) is 24.7 Å². The van der Waals surface area contributed by atoms with Gasteiger partial charge in [0.25, 0.3) is 0 Å². The highest BCUT2D eigenvalue weighted by atomic mass is 35.5. The Morgan fingerprint density at radius 1 is 1.10 bits per heavy atom. The summed E-state index contributed by atoms with van der Waals surface area (Å²) in [6, 6.07) is 14.3. The first kappa shape index (κ1) is 13.9. The maximum Gasteiger partial charge on any atom is 0.0453 e. The first-order valence-electron chi connectivity index (χ1n) is 6.87. The summed E-state index contributed by atoms with van der Waals surface area (Å²) in [6.45, 7) is 0.642. The Balaban J connectivity index is 1.99. The summed E-state index contributed by atoms with van der Waals surface area (Å²) in [5.74, 6) is 0. The second kappa shape index (κ2) is 5.40. The zero-order valence-corrected chi connectivity index (χ0v) is 12.7. The summed E-state index contributed by atoms with van der Waals surface area (Å²) in [4.78, 5) is 0. The Morgan fingerprint density at radius 3 is 2.65 bits per heavy atom. The normalized spacial score (nSPS) is 20.9. The van der Waals surface area contributed by atoms with Crippen LogP contribution in [0.15, 0.2) is 42.5 Å². The molecular weight excluding hydrogens is 289 g/mol. The first-order chi connectivity index (χ1) is 9.64. The molecule has 0 saturated heterocycles.